The van der Waals surface area contributed by atoms with E-state index in [-0.39, 0.29) is 24.3 Å². The van der Waals surface area contributed by atoms with Crippen molar-refractivity contribution in [2.24, 2.45) is 0 Å². The fourth-order valence-corrected chi connectivity index (χ4v) is 2.87. The summed E-state index contributed by atoms with van der Waals surface area (Å²) in [4.78, 5) is 27.0. The lowest BCUT2D eigenvalue weighted by atomic mass is 10.2. The predicted octanol–water partition coefficient (Wildman–Crippen LogP) is 1.64. The maximum Gasteiger partial charge on any atom is 0.355 e. The highest BCUT2D eigenvalue weighted by Gasteiger charge is 2.18. The summed E-state index contributed by atoms with van der Waals surface area (Å²) in [7, 11) is 3.09. The van der Waals surface area contributed by atoms with Crippen LogP contribution in [-0.4, -0.2) is 56.9 Å². The molecule has 1 atom stereocenters. The topological polar surface area (TPSA) is 98.9 Å². The Balaban J connectivity index is 1.59. The minimum absolute atomic E-state index is 0.0470. The summed E-state index contributed by atoms with van der Waals surface area (Å²) in [6.45, 7) is 0.811. The SMILES string of the molecule is COc1cc(OC)c2[nH]c(C(=O)OCC(=O)NC[C@H]3CCCO3)cc2c1. The highest BCUT2D eigenvalue weighted by atomic mass is 16.5. The van der Waals surface area contributed by atoms with Crippen LogP contribution in [0.4, 0.5) is 0 Å². The van der Waals surface area contributed by atoms with Crippen LogP contribution >= 0.6 is 0 Å². The number of aromatic amines is 1. The number of esters is 1. The molecule has 8 heteroatoms. The van der Waals surface area contributed by atoms with E-state index in [1.165, 1.54) is 7.11 Å². The molecule has 1 aromatic carbocycles. The van der Waals surface area contributed by atoms with E-state index in [1.807, 2.05) is 0 Å². The van der Waals surface area contributed by atoms with Crippen LogP contribution in [0.15, 0.2) is 18.2 Å². The third-order valence-corrected chi connectivity index (χ3v) is 4.23. The van der Waals surface area contributed by atoms with Gasteiger partial charge in [-0.25, -0.2) is 4.79 Å². The number of aromatic nitrogens is 1. The fraction of sp³-hybridized carbons (Fsp3) is 0.444. The van der Waals surface area contributed by atoms with Crippen LogP contribution in [0.3, 0.4) is 0 Å². The number of hydrogen-bond donors (Lipinski definition) is 2. The molecular formula is C18H22N2O6. The molecule has 0 saturated carbocycles. The van der Waals surface area contributed by atoms with Crippen LogP contribution in [0, 0.1) is 0 Å². The molecule has 0 unspecified atom stereocenters. The van der Waals surface area contributed by atoms with Gasteiger partial charge >= 0.3 is 5.97 Å². The summed E-state index contributed by atoms with van der Waals surface area (Å²) < 4.78 is 21.0. The number of amides is 1. The number of nitrogens with one attached hydrogen (secondary N) is 2. The number of hydrogen-bond acceptors (Lipinski definition) is 6. The average Bonchev–Trinajstić information content (AvgIpc) is 3.32. The van der Waals surface area contributed by atoms with Crippen LogP contribution in [-0.2, 0) is 14.3 Å². The van der Waals surface area contributed by atoms with Gasteiger partial charge in [-0.15, -0.1) is 0 Å². The molecule has 26 heavy (non-hydrogen) atoms. The molecule has 2 N–H and O–H groups in total. The van der Waals surface area contributed by atoms with Crippen molar-refractivity contribution in [1.29, 1.82) is 0 Å². The van der Waals surface area contributed by atoms with Gasteiger partial charge in [0.1, 0.15) is 17.2 Å². The van der Waals surface area contributed by atoms with Gasteiger partial charge in [-0.2, -0.15) is 0 Å². The Morgan fingerprint density at radius 3 is 2.81 bits per heavy atom. The van der Waals surface area contributed by atoms with Crippen molar-refractivity contribution in [2.75, 3.05) is 34.0 Å². The van der Waals surface area contributed by atoms with E-state index in [0.717, 1.165) is 24.8 Å². The summed E-state index contributed by atoms with van der Waals surface area (Å²) in [5.74, 6) is 0.188. The quantitative estimate of drug-likeness (QED) is 0.727. The van der Waals surface area contributed by atoms with E-state index in [0.29, 0.717) is 23.6 Å². The second-order valence-electron chi connectivity index (χ2n) is 5.99. The lowest BCUT2D eigenvalue weighted by Gasteiger charge is -2.10. The number of carbonyl (C=O) groups is 2. The molecule has 1 aromatic heterocycles. The lowest BCUT2D eigenvalue weighted by molar-refractivity contribution is -0.124. The van der Waals surface area contributed by atoms with Crippen LogP contribution in [0.1, 0.15) is 23.3 Å². The van der Waals surface area contributed by atoms with Gasteiger partial charge in [0.05, 0.1) is 25.8 Å². The number of benzene rings is 1. The van der Waals surface area contributed by atoms with Gasteiger partial charge in [0.2, 0.25) is 0 Å². The maximum absolute atomic E-state index is 12.2. The van der Waals surface area contributed by atoms with Gasteiger partial charge < -0.3 is 29.2 Å². The Morgan fingerprint density at radius 1 is 1.27 bits per heavy atom. The maximum atomic E-state index is 12.2. The summed E-state index contributed by atoms with van der Waals surface area (Å²) in [6.07, 6.45) is 1.98. The largest absolute Gasteiger partial charge is 0.497 e. The van der Waals surface area contributed by atoms with Crippen molar-refractivity contribution < 1.29 is 28.5 Å². The molecule has 2 aromatic rings. The van der Waals surface area contributed by atoms with Crippen LogP contribution in [0.25, 0.3) is 10.9 Å². The van der Waals surface area contributed by atoms with E-state index in [2.05, 4.69) is 10.3 Å². The van der Waals surface area contributed by atoms with Crippen molar-refractivity contribution in [3.8, 4) is 11.5 Å². The van der Waals surface area contributed by atoms with Crippen molar-refractivity contribution in [3.05, 3.63) is 23.9 Å². The number of methoxy groups -OCH3 is 2. The molecular weight excluding hydrogens is 340 g/mol. The summed E-state index contributed by atoms with van der Waals surface area (Å²) in [5, 5.41) is 3.45. The second-order valence-corrected chi connectivity index (χ2v) is 5.99. The molecule has 0 bridgehead atoms. The molecule has 1 aliphatic rings. The molecule has 0 aliphatic carbocycles. The molecule has 140 valence electrons. The van der Waals surface area contributed by atoms with E-state index in [4.69, 9.17) is 18.9 Å². The van der Waals surface area contributed by atoms with E-state index < -0.39 is 5.97 Å². The summed E-state index contributed by atoms with van der Waals surface area (Å²) in [5.41, 5.74) is 0.890. The fourth-order valence-electron chi connectivity index (χ4n) is 2.87. The number of fused-ring (bicyclic) bond motifs is 1. The van der Waals surface area contributed by atoms with Gasteiger partial charge in [0, 0.05) is 24.6 Å². The molecule has 2 heterocycles. The molecule has 8 nitrogen and oxygen atoms in total. The number of rotatable bonds is 7. The molecule has 3 rings (SSSR count). The van der Waals surface area contributed by atoms with Crippen LogP contribution in [0.2, 0.25) is 0 Å². The number of H-pyrrole nitrogens is 1. The van der Waals surface area contributed by atoms with Gasteiger partial charge in [0.25, 0.3) is 5.91 Å². The molecule has 1 aliphatic heterocycles. The molecule has 1 fully saturated rings. The van der Waals surface area contributed by atoms with Crippen molar-refractivity contribution in [2.45, 2.75) is 18.9 Å². The Morgan fingerprint density at radius 2 is 2.12 bits per heavy atom. The van der Waals surface area contributed by atoms with Gasteiger partial charge in [-0.3, -0.25) is 4.79 Å². The van der Waals surface area contributed by atoms with Gasteiger partial charge in [-0.05, 0) is 25.0 Å². The van der Waals surface area contributed by atoms with Crippen molar-refractivity contribution in [1.82, 2.24) is 10.3 Å². The second kappa shape index (κ2) is 8.09. The van der Waals surface area contributed by atoms with Crippen molar-refractivity contribution >= 4 is 22.8 Å². The Bertz CT molecular complexity index is 794. The monoisotopic (exact) mass is 362 g/mol. The zero-order chi connectivity index (χ0) is 18.5. The van der Waals surface area contributed by atoms with Gasteiger partial charge in [-0.1, -0.05) is 0 Å². The molecule has 1 amide bonds. The summed E-state index contributed by atoms with van der Waals surface area (Å²) in [6, 6.07) is 5.12. The Kier molecular flexibility index (Phi) is 5.62. The zero-order valence-electron chi connectivity index (χ0n) is 14.8. The third-order valence-electron chi connectivity index (χ3n) is 4.23. The number of carbonyl (C=O) groups excluding carboxylic acids is 2. The average molecular weight is 362 g/mol. The number of ether oxygens (including phenoxy) is 4. The predicted molar refractivity (Wildman–Crippen MR) is 93.7 cm³/mol. The zero-order valence-corrected chi connectivity index (χ0v) is 14.8. The molecule has 0 radical (unpaired) electrons. The first-order valence-electron chi connectivity index (χ1n) is 8.41. The summed E-state index contributed by atoms with van der Waals surface area (Å²) >= 11 is 0. The first-order valence-corrected chi connectivity index (χ1v) is 8.41. The highest BCUT2D eigenvalue weighted by Crippen LogP contribution is 2.31. The Labute approximate surface area is 150 Å². The van der Waals surface area contributed by atoms with Crippen LogP contribution < -0.4 is 14.8 Å². The van der Waals surface area contributed by atoms with E-state index in [9.17, 15) is 9.59 Å². The van der Waals surface area contributed by atoms with E-state index >= 15 is 0 Å². The smallest absolute Gasteiger partial charge is 0.355 e. The Hall–Kier alpha value is -2.74. The first-order chi connectivity index (χ1) is 12.6. The molecule has 0 spiro atoms. The minimum Gasteiger partial charge on any atom is -0.497 e. The van der Waals surface area contributed by atoms with Crippen molar-refractivity contribution in [3.63, 3.8) is 0 Å². The normalized spacial score (nSPS) is 16.5. The van der Waals surface area contributed by atoms with Gasteiger partial charge in [0.15, 0.2) is 6.61 Å². The standard InChI is InChI=1S/C18H22N2O6/c1-23-13-6-11-7-14(20-17(11)15(8-13)24-2)18(22)26-10-16(21)19-9-12-4-3-5-25-12/h6-8,12,20H,3-5,9-10H2,1-2H3,(H,19,21)/t12-/m1/s1. The minimum atomic E-state index is -0.616. The third kappa shape index (κ3) is 4.08. The van der Waals surface area contributed by atoms with Crippen LogP contribution in [0.5, 0.6) is 11.5 Å². The highest BCUT2D eigenvalue weighted by molar-refractivity contribution is 5.98. The van der Waals surface area contributed by atoms with E-state index in [1.54, 1.807) is 25.3 Å². The first kappa shape index (κ1) is 18.1. The molecule has 1 saturated heterocycles. The lowest BCUT2D eigenvalue weighted by Crippen LogP contribution is -2.34.